The lowest BCUT2D eigenvalue weighted by Crippen LogP contribution is -2.50. The summed E-state index contributed by atoms with van der Waals surface area (Å²) >= 11 is 0. The molecule has 136 valence electrons. The van der Waals surface area contributed by atoms with E-state index in [2.05, 4.69) is 0 Å². The molecule has 0 saturated heterocycles. The van der Waals surface area contributed by atoms with E-state index in [1.54, 1.807) is 6.07 Å². The first kappa shape index (κ1) is 18.8. The lowest BCUT2D eigenvalue weighted by molar-refractivity contribution is -0.178. The van der Waals surface area contributed by atoms with Crippen molar-refractivity contribution in [3.63, 3.8) is 0 Å². The molecule has 1 fully saturated rings. The molecule has 25 heavy (non-hydrogen) atoms. The minimum Gasteiger partial charge on any atom is -0.504 e. The second-order valence-electron chi connectivity index (χ2n) is 5.89. The molecule has 8 nitrogen and oxygen atoms in total. The average Bonchev–Trinajstić information content (AvgIpc) is 2.56. The van der Waals surface area contributed by atoms with Gasteiger partial charge in [0.05, 0.1) is 13.2 Å². The average molecular weight is 352 g/mol. The quantitative estimate of drug-likeness (QED) is 0.449. The second-order valence-corrected chi connectivity index (χ2v) is 5.89. The smallest absolute Gasteiger partial charge is 0.335 e. The summed E-state index contributed by atoms with van der Waals surface area (Å²) in [6.45, 7) is 0. The number of carboxylic acid groups (broad SMARTS) is 1. The molecule has 8 heteroatoms. The third kappa shape index (κ3) is 4.49. The molecule has 0 bridgehead atoms. The van der Waals surface area contributed by atoms with Gasteiger partial charge in [-0.15, -0.1) is 0 Å². The maximum atomic E-state index is 11.9. The van der Waals surface area contributed by atoms with E-state index in [-0.39, 0.29) is 24.3 Å². The Morgan fingerprint density at radius 2 is 2.08 bits per heavy atom. The van der Waals surface area contributed by atoms with Crippen LogP contribution in [-0.2, 0) is 14.3 Å². The van der Waals surface area contributed by atoms with Crippen molar-refractivity contribution in [3.05, 3.63) is 29.8 Å². The number of rotatable bonds is 5. The van der Waals surface area contributed by atoms with E-state index >= 15 is 0 Å². The summed E-state index contributed by atoms with van der Waals surface area (Å²) < 4.78 is 10.1. The van der Waals surface area contributed by atoms with Gasteiger partial charge in [-0.2, -0.15) is 0 Å². The van der Waals surface area contributed by atoms with E-state index in [0.717, 1.165) is 6.08 Å². The minimum absolute atomic E-state index is 0.0292. The molecular formula is C17H20O8. The van der Waals surface area contributed by atoms with E-state index in [4.69, 9.17) is 14.6 Å². The van der Waals surface area contributed by atoms with Crippen LogP contribution in [0.3, 0.4) is 0 Å². The van der Waals surface area contributed by atoms with Crippen molar-refractivity contribution in [2.24, 2.45) is 0 Å². The summed E-state index contributed by atoms with van der Waals surface area (Å²) in [7, 11) is 1.40. The van der Waals surface area contributed by atoms with Crippen LogP contribution in [-0.4, -0.2) is 57.3 Å². The van der Waals surface area contributed by atoms with Crippen molar-refractivity contribution < 1.29 is 39.5 Å². The van der Waals surface area contributed by atoms with Gasteiger partial charge in [-0.1, -0.05) is 6.07 Å². The fourth-order valence-corrected chi connectivity index (χ4v) is 2.64. The first-order valence-electron chi connectivity index (χ1n) is 7.65. The van der Waals surface area contributed by atoms with Crippen LogP contribution < -0.4 is 4.74 Å². The molecule has 0 aromatic heterocycles. The first-order valence-corrected chi connectivity index (χ1v) is 7.65. The molecule has 0 aliphatic heterocycles. The van der Waals surface area contributed by atoms with Gasteiger partial charge in [0.25, 0.3) is 0 Å². The van der Waals surface area contributed by atoms with Crippen LogP contribution >= 0.6 is 0 Å². The summed E-state index contributed by atoms with van der Waals surface area (Å²) in [6.07, 6.45) is -0.0256. The van der Waals surface area contributed by atoms with Gasteiger partial charge in [0.1, 0.15) is 6.10 Å². The Morgan fingerprint density at radius 1 is 1.36 bits per heavy atom. The van der Waals surface area contributed by atoms with Crippen LogP contribution in [0.4, 0.5) is 0 Å². The Bertz CT molecular complexity index is 683. The number of aromatic hydroxyl groups is 1. The lowest BCUT2D eigenvalue weighted by atomic mass is 9.81. The largest absolute Gasteiger partial charge is 0.504 e. The number of aliphatic carboxylic acids is 1. The van der Waals surface area contributed by atoms with Crippen LogP contribution in [0.5, 0.6) is 11.5 Å². The van der Waals surface area contributed by atoms with E-state index in [9.17, 15) is 24.9 Å². The number of hydrogen-bond acceptors (Lipinski definition) is 7. The van der Waals surface area contributed by atoms with Gasteiger partial charge >= 0.3 is 11.9 Å². The SMILES string of the molecule is COc1cc(/C=C/C(=O)O[C@@H]2CC[C@](O)(C(=O)O)C[C@@H]2O)ccc1O. The van der Waals surface area contributed by atoms with E-state index < -0.39 is 36.2 Å². The molecule has 0 spiro atoms. The third-order valence-corrected chi connectivity index (χ3v) is 4.10. The molecule has 1 saturated carbocycles. The van der Waals surface area contributed by atoms with Crippen molar-refractivity contribution in [1.29, 1.82) is 0 Å². The molecule has 1 aromatic rings. The van der Waals surface area contributed by atoms with E-state index in [1.807, 2.05) is 0 Å². The summed E-state index contributed by atoms with van der Waals surface area (Å²) in [5.74, 6) is -1.89. The zero-order chi connectivity index (χ0) is 18.6. The van der Waals surface area contributed by atoms with Crippen LogP contribution in [0.15, 0.2) is 24.3 Å². The number of benzene rings is 1. The van der Waals surface area contributed by atoms with Gasteiger partial charge < -0.3 is 29.9 Å². The fourth-order valence-electron chi connectivity index (χ4n) is 2.64. The number of esters is 1. The van der Waals surface area contributed by atoms with E-state index in [1.165, 1.54) is 25.3 Å². The number of carbonyl (C=O) groups is 2. The predicted octanol–water partition coefficient (Wildman–Crippen LogP) is 0.686. The molecule has 0 unspecified atom stereocenters. The summed E-state index contributed by atoms with van der Waals surface area (Å²) in [6, 6.07) is 4.52. The van der Waals surface area contributed by atoms with Crippen LogP contribution in [0, 0.1) is 0 Å². The molecule has 1 aliphatic carbocycles. The summed E-state index contributed by atoms with van der Waals surface area (Å²) in [4.78, 5) is 22.8. The maximum absolute atomic E-state index is 11.9. The van der Waals surface area contributed by atoms with Crippen molar-refractivity contribution in [1.82, 2.24) is 0 Å². The Kier molecular flexibility index (Phi) is 5.66. The number of ether oxygens (including phenoxy) is 2. The van der Waals surface area contributed by atoms with Crippen molar-refractivity contribution in [3.8, 4) is 11.5 Å². The number of aliphatic hydroxyl groups is 2. The zero-order valence-corrected chi connectivity index (χ0v) is 13.6. The van der Waals surface area contributed by atoms with Crippen molar-refractivity contribution in [2.45, 2.75) is 37.1 Å². The summed E-state index contributed by atoms with van der Waals surface area (Å²) in [5.41, 5.74) is -1.41. The molecule has 2 rings (SSSR count). The number of phenols is 1. The third-order valence-electron chi connectivity index (χ3n) is 4.10. The highest BCUT2D eigenvalue weighted by Gasteiger charge is 2.45. The van der Waals surface area contributed by atoms with Crippen LogP contribution in [0.25, 0.3) is 6.08 Å². The molecule has 0 heterocycles. The molecule has 0 radical (unpaired) electrons. The topological polar surface area (TPSA) is 134 Å². The summed E-state index contributed by atoms with van der Waals surface area (Å²) in [5, 5.41) is 38.2. The Hall–Kier alpha value is -2.58. The minimum atomic E-state index is -2.00. The second kappa shape index (κ2) is 7.54. The highest BCUT2D eigenvalue weighted by molar-refractivity contribution is 5.87. The normalized spacial score (nSPS) is 26.4. The van der Waals surface area contributed by atoms with Gasteiger partial charge in [-0.3, -0.25) is 0 Å². The Morgan fingerprint density at radius 3 is 2.68 bits per heavy atom. The molecule has 1 aromatic carbocycles. The van der Waals surface area contributed by atoms with Gasteiger partial charge in [0, 0.05) is 12.5 Å². The number of hydrogen-bond donors (Lipinski definition) is 4. The molecule has 1 aliphatic rings. The standard InChI is InChI=1S/C17H20O8/c1-24-14-8-10(2-4-11(14)18)3-5-15(20)25-13-6-7-17(23,16(21)22)9-12(13)19/h2-5,8,12-13,18-19,23H,6-7,9H2,1H3,(H,21,22)/b5-3+/t12-,13+,17+/m0/s1. The van der Waals surface area contributed by atoms with E-state index in [0.29, 0.717) is 5.56 Å². The Balaban J connectivity index is 1.95. The molecule has 4 N–H and O–H groups in total. The van der Waals surface area contributed by atoms with Crippen LogP contribution in [0.2, 0.25) is 0 Å². The highest BCUT2D eigenvalue weighted by atomic mass is 16.6. The number of carbonyl (C=O) groups excluding carboxylic acids is 1. The van der Waals surface area contributed by atoms with Crippen molar-refractivity contribution in [2.75, 3.05) is 7.11 Å². The zero-order valence-electron chi connectivity index (χ0n) is 13.6. The maximum Gasteiger partial charge on any atom is 0.335 e. The number of methoxy groups -OCH3 is 1. The van der Waals surface area contributed by atoms with Gasteiger partial charge in [-0.25, -0.2) is 9.59 Å². The van der Waals surface area contributed by atoms with Gasteiger partial charge in [0.15, 0.2) is 17.1 Å². The van der Waals surface area contributed by atoms with Gasteiger partial charge in [0.2, 0.25) is 0 Å². The Labute approximate surface area is 143 Å². The van der Waals surface area contributed by atoms with Crippen LogP contribution in [0.1, 0.15) is 24.8 Å². The molecular weight excluding hydrogens is 332 g/mol. The molecule has 3 atom stereocenters. The van der Waals surface area contributed by atoms with Crippen molar-refractivity contribution >= 4 is 18.0 Å². The lowest BCUT2D eigenvalue weighted by Gasteiger charge is -2.35. The highest BCUT2D eigenvalue weighted by Crippen LogP contribution is 2.31. The first-order chi connectivity index (χ1) is 11.7. The fraction of sp³-hybridized carbons (Fsp3) is 0.412. The predicted molar refractivity (Wildman–Crippen MR) is 86.0 cm³/mol. The monoisotopic (exact) mass is 352 g/mol. The number of carboxylic acids is 1. The number of aliphatic hydroxyl groups excluding tert-OH is 1. The van der Waals surface area contributed by atoms with Gasteiger partial charge in [-0.05, 0) is 36.6 Å². The number of phenolic OH excluding ortho intramolecular Hbond substituents is 1. The molecule has 0 amide bonds.